The summed E-state index contributed by atoms with van der Waals surface area (Å²) >= 11 is 0. The zero-order chi connectivity index (χ0) is 23.2. The van der Waals surface area contributed by atoms with Gasteiger partial charge in [0.1, 0.15) is 5.69 Å². The first-order valence-electron chi connectivity index (χ1n) is 9.78. The van der Waals surface area contributed by atoms with Crippen molar-refractivity contribution < 1.29 is 26.9 Å². The summed E-state index contributed by atoms with van der Waals surface area (Å²) in [6.45, 7) is 2.84. The number of anilines is 1. The molecule has 1 amide bonds. The first kappa shape index (κ1) is 21.8. The van der Waals surface area contributed by atoms with Crippen LogP contribution >= 0.6 is 0 Å². The van der Waals surface area contributed by atoms with Gasteiger partial charge in [0.15, 0.2) is 27.0 Å². The lowest BCUT2D eigenvalue weighted by molar-refractivity contribution is -0.384. The maximum atomic E-state index is 14.0. The number of furan rings is 1. The molecule has 0 unspecified atom stereocenters. The second kappa shape index (κ2) is 7.90. The molecule has 0 saturated carbocycles. The molecule has 1 aliphatic heterocycles. The van der Waals surface area contributed by atoms with Gasteiger partial charge in [0, 0.05) is 49.5 Å². The number of nitrogens with zero attached hydrogens (tertiary/aromatic N) is 3. The molecular formula is C21H20FN3O6S. The van der Waals surface area contributed by atoms with E-state index in [1.54, 1.807) is 28.9 Å². The molecule has 0 spiro atoms. The molecule has 11 heteroatoms. The van der Waals surface area contributed by atoms with Crippen molar-refractivity contribution in [3.05, 3.63) is 63.7 Å². The second-order valence-corrected chi connectivity index (χ2v) is 9.65. The number of aryl methyl sites for hydroxylation is 1. The van der Waals surface area contributed by atoms with Gasteiger partial charge in [-0.3, -0.25) is 14.9 Å². The van der Waals surface area contributed by atoms with E-state index in [-0.39, 0.29) is 46.6 Å². The van der Waals surface area contributed by atoms with Crippen molar-refractivity contribution in [2.45, 2.75) is 11.8 Å². The molecule has 0 aliphatic carbocycles. The third kappa shape index (κ3) is 3.79. The summed E-state index contributed by atoms with van der Waals surface area (Å²) in [5.74, 6) is -0.846. The number of carbonyl (C=O) groups is 1. The Bertz CT molecular complexity index is 1340. The molecule has 0 radical (unpaired) electrons. The lowest BCUT2D eigenvalue weighted by atomic mass is 10.1. The molecule has 2 aromatic carbocycles. The first-order valence-corrected chi connectivity index (χ1v) is 11.7. The minimum Gasteiger partial charge on any atom is -0.448 e. The topological polar surface area (TPSA) is 114 Å². The van der Waals surface area contributed by atoms with Gasteiger partial charge in [-0.25, -0.2) is 12.8 Å². The van der Waals surface area contributed by atoms with Crippen LogP contribution in [0.15, 0.2) is 45.7 Å². The summed E-state index contributed by atoms with van der Waals surface area (Å²) in [6, 6.07) is 8.30. The quantitative estimate of drug-likeness (QED) is 0.433. The van der Waals surface area contributed by atoms with Gasteiger partial charge < -0.3 is 14.2 Å². The summed E-state index contributed by atoms with van der Waals surface area (Å²) in [5, 5.41) is 12.1. The van der Waals surface area contributed by atoms with Crippen LogP contribution in [0.1, 0.15) is 16.1 Å². The molecule has 0 N–H and O–H groups in total. The molecule has 1 aliphatic rings. The molecule has 1 aromatic heterocycles. The van der Waals surface area contributed by atoms with Crippen molar-refractivity contribution in [3.63, 3.8) is 0 Å². The second-order valence-electron chi connectivity index (χ2n) is 7.63. The zero-order valence-electron chi connectivity index (χ0n) is 17.4. The average molecular weight is 461 g/mol. The largest absolute Gasteiger partial charge is 0.448 e. The maximum absolute atomic E-state index is 14.0. The highest BCUT2D eigenvalue weighted by Gasteiger charge is 2.30. The van der Waals surface area contributed by atoms with E-state index in [0.717, 1.165) is 12.3 Å². The van der Waals surface area contributed by atoms with Gasteiger partial charge in [0.2, 0.25) is 0 Å². The number of fused-ring (bicyclic) bond motifs is 1. The molecular weight excluding hydrogens is 441 g/mol. The highest BCUT2D eigenvalue weighted by molar-refractivity contribution is 7.90. The summed E-state index contributed by atoms with van der Waals surface area (Å²) in [5.41, 5.74) is 0.570. The monoisotopic (exact) mass is 461 g/mol. The summed E-state index contributed by atoms with van der Waals surface area (Å²) < 4.78 is 43.0. The van der Waals surface area contributed by atoms with Crippen molar-refractivity contribution in [1.82, 2.24) is 4.90 Å². The third-order valence-electron chi connectivity index (χ3n) is 5.59. The molecule has 0 bridgehead atoms. The zero-order valence-corrected chi connectivity index (χ0v) is 18.2. The van der Waals surface area contributed by atoms with Crippen molar-refractivity contribution in [2.24, 2.45) is 0 Å². The molecule has 168 valence electrons. The fourth-order valence-electron chi connectivity index (χ4n) is 3.85. The Balaban J connectivity index is 1.55. The molecule has 32 heavy (non-hydrogen) atoms. The van der Waals surface area contributed by atoms with Crippen LogP contribution in [0.3, 0.4) is 0 Å². The number of hydrogen-bond donors (Lipinski definition) is 0. The van der Waals surface area contributed by atoms with E-state index in [4.69, 9.17) is 4.42 Å². The minimum atomic E-state index is -3.59. The Labute approximate surface area is 183 Å². The Hall–Kier alpha value is -3.47. The molecule has 1 fully saturated rings. The predicted octanol–water partition coefficient (Wildman–Crippen LogP) is 3.15. The Kier molecular flexibility index (Phi) is 5.37. The maximum Gasteiger partial charge on any atom is 0.293 e. The molecule has 1 saturated heterocycles. The van der Waals surface area contributed by atoms with E-state index in [2.05, 4.69) is 0 Å². The van der Waals surface area contributed by atoms with Gasteiger partial charge in [-0.2, -0.15) is 0 Å². The number of sulfone groups is 1. The van der Waals surface area contributed by atoms with Crippen LogP contribution in [-0.4, -0.2) is 56.6 Å². The van der Waals surface area contributed by atoms with E-state index < -0.39 is 20.6 Å². The normalized spacial score (nSPS) is 14.7. The predicted molar refractivity (Wildman–Crippen MR) is 115 cm³/mol. The number of halogens is 1. The van der Waals surface area contributed by atoms with Crippen LogP contribution in [0.4, 0.5) is 15.8 Å². The fourth-order valence-corrected chi connectivity index (χ4v) is 4.50. The van der Waals surface area contributed by atoms with Gasteiger partial charge in [0.25, 0.3) is 11.6 Å². The first-order chi connectivity index (χ1) is 15.1. The van der Waals surface area contributed by atoms with Crippen molar-refractivity contribution in [3.8, 4) is 0 Å². The standard InChI is InChI=1S/C21H20FN3O6S/c1-13-15-4-3-5-16(22)20(15)31-19(13)21(26)24-10-8-23(9-11-24)17-7-6-14(32(2,29)30)12-18(17)25(27)28/h3-7,12H,8-11H2,1-2H3. The minimum absolute atomic E-state index is 0.0357. The van der Waals surface area contributed by atoms with E-state index in [9.17, 15) is 27.7 Å². The summed E-state index contributed by atoms with van der Waals surface area (Å²) in [4.78, 5) is 27.1. The van der Waals surface area contributed by atoms with Crippen LogP contribution in [-0.2, 0) is 9.84 Å². The SMILES string of the molecule is Cc1c(C(=O)N2CCN(c3ccc(S(C)(=O)=O)cc3[N+](=O)[O-])CC2)oc2c(F)cccc12. The highest BCUT2D eigenvalue weighted by Crippen LogP contribution is 2.32. The third-order valence-corrected chi connectivity index (χ3v) is 6.70. The van der Waals surface area contributed by atoms with Crippen LogP contribution in [0, 0.1) is 22.9 Å². The Morgan fingerprint density at radius 2 is 1.84 bits per heavy atom. The fraction of sp³-hybridized carbons (Fsp3) is 0.286. The van der Waals surface area contributed by atoms with Crippen molar-refractivity contribution in [1.29, 1.82) is 0 Å². The van der Waals surface area contributed by atoms with E-state index in [1.165, 1.54) is 18.2 Å². The molecule has 3 aromatic rings. The number of benzene rings is 2. The lowest BCUT2D eigenvalue weighted by Gasteiger charge is -2.35. The number of piperazine rings is 1. The van der Waals surface area contributed by atoms with Crippen molar-refractivity contribution in [2.75, 3.05) is 37.3 Å². The number of nitro groups is 1. The van der Waals surface area contributed by atoms with E-state index in [0.29, 0.717) is 24.0 Å². The van der Waals surface area contributed by atoms with E-state index >= 15 is 0 Å². The smallest absolute Gasteiger partial charge is 0.293 e. The number of hydrogen-bond acceptors (Lipinski definition) is 7. The van der Waals surface area contributed by atoms with Gasteiger partial charge in [0.05, 0.1) is 9.82 Å². The summed E-state index contributed by atoms with van der Waals surface area (Å²) in [7, 11) is -3.59. The molecule has 2 heterocycles. The molecule has 4 rings (SSSR count). The van der Waals surface area contributed by atoms with Gasteiger partial charge in [-0.15, -0.1) is 0 Å². The number of para-hydroxylation sites is 1. The number of amides is 1. The average Bonchev–Trinajstić information content (AvgIpc) is 3.10. The Morgan fingerprint density at radius 3 is 2.44 bits per heavy atom. The van der Waals surface area contributed by atoms with Gasteiger partial charge in [-0.05, 0) is 25.1 Å². The molecule has 0 atom stereocenters. The Morgan fingerprint density at radius 1 is 1.16 bits per heavy atom. The summed E-state index contributed by atoms with van der Waals surface area (Å²) in [6.07, 6.45) is 0.988. The van der Waals surface area contributed by atoms with Crippen LogP contribution in [0.2, 0.25) is 0 Å². The lowest BCUT2D eigenvalue weighted by Crippen LogP contribution is -2.49. The van der Waals surface area contributed by atoms with Gasteiger partial charge in [-0.1, -0.05) is 12.1 Å². The van der Waals surface area contributed by atoms with Crippen LogP contribution < -0.4 is 4.90 Å². The number of nitro benzene ring substituents is 1. The van der Waals surface area contributed by atoms with Crippen LogP contribution in [0.25, 0.3) is 11.0 Å². The number of carbonyl (C=O) groups excluding carboxylic acids is 1. The number of rotatable bonds is 4. The van der Waals surface area contributed by atoms with Gasteiger partial charge >= 0.3 is 0 Å². The molecule has 9 nitrogen and oxygen atoms in total. The highest BCUT2D eigenvalue weighted by atomic mass is 32.2. The van der Waals surface area contributed by atoms with E-state index in [1.807, 2.05) is 0 Å². The van der Waals surface area contributed by atoms with Crippen LogP contribution in [0.5, 0.6) is 0 Å². The van der Waals surface area contributed by atoms with Crippen molar-refractivity contribution >= 4 is 38.1 Å².